The number of fused-ring (bicyclic) bond motifs is 2. The van der Waals surface area contributed by atoms with Crippen LogP contribution in [0.5, 0.6) is 11.5 Å². The molecule has 0 spiro atoms. The Morgan fingerprint density at radius 3 is 2.61 bits per heavy atom. The van der Waals surface area contributed by atoms with Gasteiger partial charge in [-0.3, -0.25) is 0 Å². The minimum absolute atomic E-state index is 0.221. The number of ether oxygens (including phenoxy) is 2. The molecule has 18 heavy (non-hydrogen) atoms. The van der Waals surface area contributed by atoms with Gasteiger partial charge in [-0.25, -0.2) is 4.98 Å². The third-order valence-electron chi connectivity index (χ3n) is 2.98. The fraction of sp³-hybridized carbons (Fsp3) is 0.231. The number of nitrogens with zero attached hydrogens (tertiary/aromatic N) is 2. The van der Waals surface area contributed by atoms with Gasteiger partial charge in [-0.1, -0.05) is 11.6 Å². The monoisotopic (exact) mass is 260 g/mol. The van der Waals surface area contributed by atoms with E-state index in [-0.39, 0.29) is 5.15 Å². The number of rotatable bonds is 0. The van der Waals surface area contributed by atoms with Gasteiger partial charge in [0.05, 0.1) is 11.1 Å². The van der Waals surface area contributed by atoms with Crippen molar-refractivity contribution < 1.29 is 9.47 Å². The van der Waals surface area contributed by atoms with E-state index in [9.17, 15) is 0 Å². The summed E-state index contributed by atoms with van der Waals surface area (Å²) in [5.41, 5.74) is 1.92. The Morgan fingerprint density at radius 2 is 1.94 bits per heavy atom. The highest BCUT2D eigenvalue weighted by Gasteiger charge is 2.17. The highest BCUT2D eigenvalue weighted by Crippen LogP contribution is 2.36. The molecule has 1 aromatic carbocycles. The average Bonchev–Trinajstić information content (AvgIpc) is 2.37. The summed E-state index contributed by atoms with van der Waals surface area (Å²) in [5.74, 6) is 1.35. The van der Waals surface area contributed by atoms with Crippen molar-refractivity contribution in [3.8, 4) is 17.6 Å². The normalized spacial score (nSPS) is 13.4. The van der Waals surface area contributed by atoms with E-state index < -0.39 is 0 Å². The first kappa shape index (κ1) is 11.1. The lowest BCUT2D eigenvalue weighted by atomic mass is 10.0. The summed E-state index contributed by atoms with van der Waals surface area (Å²) in [6.07, 6.45) is 0. The predicted octanol–water partition coefficient (Wildman–Crippen LogP) is 2.84. The molecule has 1 aromatic heterocycles. The molecular formula is C13H9ClN2O2. The lowest BCUT2D eigenvalue weighted by molar-refractivity contribution is 0.172. The first-order chi connectivity index (χ1) is 8.70. The summed E-state index contributed by atoms with van der Waals surface area (Å²) in [4.78, 5) is 4.22. The molecule has 3 rings (SSSR count). The van der Waals surface area contributed by atoms with E-state index in [0.29, 0.717) is 35.8 Å². The topological polar surface area (TPSA) is 55.1 Å². The Balaban J connectivity index is 2.35. The molecular weight excluding hydrogens is 252 g/mol. The molecule has 2 aromatic rings. The van der Waals surface area contributed by atoms with Crippen molar-refractivity contribution in [2.45, 2.75) is 6.92 Å². The molecule has 0 amide bonds. The summed E-state index contributed by atoms with van der Waals surface area (Å²) in [6, 6.07) is 5.72. The standard InChI is InChI=1S/C13H9ClN2O2/c1-7-8-4-11-12(18-3-2-17-11)5-10(8)16-13(14)9(7)6-15/h4-5H,2-3H2,1H3. The molecule has 0 radical (unpaired) electrons. The number of aromatic nitrogens is 1. The molecule has 1 aliphatic rings. The molecule has 1 aliphatic heterocycles. The maximum atomic E-state index is 9.07. The molecule has 0 saturated carbocycles. The maximum absolute atomic E-state index is 9.07. The first-order valence-electron chi connectivity index (χ1n) is 5.50. The van der Waals surface area contributed by atoms with Crippen LogP contribution in [0, 0.1) is 18.3 Å². The molecule has 0 N–H and O–H groups in total. The van der Waals surface area contributed by atoms with Crippen LogP contribution in [0.4, 0.5) is 0 Å². The summed E-state index contributed by atoms with van der Waals surface area (Å²) in [5, 5.41) is 10.1. The molecule has 0 unspecified atom stereocenters. The second kappa shape index (κ2) is 4.04. The Hall–Kier alpha value is -1.99. The summed E-state index contributed by atoms with van der Waals surface area (Å²) in [6.45, 7) is 2.91. The van der Waals surface area contributed by atoms with E-state index in [1.807, 2.05) is 13.0 Å². The quantitative estimate of drug-likeness (QED) is 0.684. The summed E-state index contributed by atoms with van der Waals surface area (Å²) >= 11 is 5.99. The summed E-state index contributed by atoms with van der Waals surface area (Å²) < 4.78 is 11.0. The van der Waals surface area contributed by atoms with Gasteiger partial charge in [-0.05, 0) is 18.6 Å². The number of halogens is 1. The van der Waals surface area contributed by atoms with Crippen molar-refractivity contribution in [1.29, 1.82) is 5.26 Å². The van der Waals surface area contributed by atoms with Crippen LogP contribution in [-0.4, -0.2) is 18.2 Å². The average molecular weight is 261 g/mol. The number of pyridine rings is 1. The zero-order valence-electron chi connectivity index (χ0n) is 9.66. The SMILES string of the molecule is Cc1c(C#N)c(Cl)nc2cc3c(cc12)OCCO3. The van der Waals surface area contributed by atoms with E-state index in [2.05, 4.69) is 11.1 Å². The second-order valence-corrected chi connectivity index (χ2v) is 4.39. The second-order valence-electron chi connectivity index (χ2n) is 4.03. The van der Waals surface area contributed by atoms with Crippen LogP contribution < -0.4 is 9.47 Å². The Morgan fingerprint density at radius 1 is 1.28 bits per heavy atom. The fourth-order valence-corrected chi connectivity index (χ4v) is 2.33. The molecule has 0 atom stereocenters. The Kier molecular flexibility index (Phi) is 2.49. The molecule has 0 aliphatic carbocycles. The lowest BCUT2D eigenvalue weighted by Crippen LogP contribution is -2.15. The van der Waals surface area contributed by atoms with Gasteiger partial charge < -0.3 is 9.47 Å². The highest BCUT2D eigenvalue weighted by atomic mass is 35.5. The van der Waals surface area contributed by atoms with E-state index in [1.165, 1.54) is 0 Å². The number of hydrogen-bond acceptors (Lipinski definition) is 4. The highest BCUT2D eigenvalue weighted by molar-refractivity contribution is 6.31. The smallest absolute Gasteiger partial charge is 0.163 e. The van der Waals surface area contributed by atoms with Gasteiger partial charge in [0.1, 0.15) is 24.4 Å². The minimum Gasteiger partial charge on any atom is -0.486 e. The molecule has 0 fully saturated rings. The Labute approximate surface area is 109 Å². The van der Waals surface area contributed by atoms with Crippen LogP contribution >= 0.6 is 11.6 Å². The van der Waals surface area contributed by atoms with Gasteiger partial charge in [0.2, 0.25) is 0 Å². The van der Waals surface area contributed by atoms with Crippen LogP contribution in [0.25, 0.3) is 10.9 Å². The Bertz CT molecular complexity index is 692. The van der Waals surface area contributed by atoms with Crippen molar-refractivity contribution in [1.82, 2.24) is 4.98 Å². The first-order valence-corrected chi connectivity index (χ1v) is 5.88. The molecule has 2 heterocycles. The number of aryl methyl sites for hydroxylation is 1. The lowest BCUT2D eigenvalue weighted by Gasteiger charge is -2.19. The summed E-state index contributed by atoms with van der Waals surface area (Å²) in [7, 11) is 0. The van der Waals surface area contributed by atoms with Crippen LogP contribution in [0.3, 0.4) is 0 Å². The van der Waals surface area contributed by atoms with Gasteiger partial charge in [-0.2, -0.15) is 5.26 Å². The van der Waals surface area contributed by atoms with E-state index in [1.54, 1.807) is 6.07 Å². The van der Waals surface area contributed by atoms with Crippen LogP contribution in [0.1, 0.15) is 11.1 Å². The van der Waals surface area contributed by atoms with E-state index >= 15 is 0 Å². The minimum atomic E-state index is 0.221. The van der Waals surface area contributed by atoms with Crippen LogP contribution in [0.15, 0.2) is 12.1 Å². The van der Waals surface area contributed by atoms with Gasteiger partial charge in [-0.15, -0.1) is 0 Å². The van der Waals surface area contributed by atoms with Gasteiger partial charge in [0, 0.05) is 11.5 Å². The largest absolute Gasteiger partial charge is 0.486 e. The van der Waals surface area contributed by atoms with Crippen LogP contribution in [0.2, 0.25) is 5.15 Å². The molecule has 5 heteroatoms. The fourth-order valence-electron chi connectivity index (χ4n) is 2.05. The zero-order chi connectivity index (χ0) is 12.7. The molecule has 0 saturated heterocycles. The zero-order valence-corrected chi connectivity index (χ0v) is 10.4. The van der Waals surface area contributed by atoms with E-state index in [4.69, 9.17) is 26.3 Å². The number of benzene rings is 1. The molecule has 4 nitrogen and oxygen atoms in total. The van der Waals surface area contributed by atoms with E-state index in [0.717, 1.165) is 10.9 Å². The van der Waals surface area contributed by atoms with Crippen molar-refractivity contribution in [3.63, 3.8) is 0 Å². The van der Waals surface area contributed by atoms with Crippen LogP contribution in [-0.2, 0) is 0 Å². The van der Waals surface area contributed by atoms with Crippen molar-refractivity contribution >= 4 is 22.5 Å². The van der Waals surface area contributed by atoms with Crippen molar-refractivity contribution in [2.24, 2.45) is 0 Å². The maximum Gasteiger partial charge on any atom is 0.163 e. The number of hydrogen-bond donors (Lipinski definition) is 0. The number of nitriles is 1. The van der Waals surface area contributed by atoms with Crippen molar-refractivity contribution in [3.05, 3.63) is 28.4 Å². The molecule has 90 valence electrons. The third-order valence-corrected chi connectivity index (χ3v) is 3.25. The third kappa shape index (κ3) is 1.56. The van der Waals surface area contributed by atoms with Gasteiger partial charge >= 0.3 is 0 Å². The van der Waals surface area contributed by atoms with Gasteiger partial charge in [0.15, 0.2) is 11.5 Å². The molecule has 0 bridgehead atoms. The van der Waals surface area contributed by atoms with Crippen molar-refractivity contribution in [2.75, 3.05) is 13.2 Å². The van der Waals surface area contributed by atoms with Gasteiger partial charge in [0.25, 0.3) is 0 Å². The predicted molar refractivity (Wildman–Crippen MR) is 67.2 cm³/mol.